The van der Waals surface area contributed by atoms with Crippen molar-refractivity contribution < 1.29 is 8.83 Å². The molecule has 0 aliphatic carbocycles. The molecule has 3 nitrogen and oxygen atoms in total. The van der Waals surface area contributed by atoms with Crippen LogP contribution in [-0.4, -0.2) is 7.05 Å². The van der Waals surface area contributed by atoms with E-state index in [-0.39, 0.29) is 6.04 Å². The number of furan rings is 2. The molecular formula is C16H16ClNO2. The molecule has 1 atom stereocenters. The van der Waals surface area contributed by atoms with Gasteiger partial charge in [0.2, 0.25) is 0 Å². The fraction of sp³-hybridized carbons (Fsp3) is 0.250. The van der Waals surface area contributed by atoms with Gasteiger partial charge in [0.15, 0.2) is 0 Å². The lowest BCUT2D eigenvalue weighted by atomic mass is 10.1. The van der Waals surface area contributed by atoms with Crippen molar-refractivity contribution in [2.24, 2.45) is 0 Å². The predicted molar refractivity (Wildman–Crippen MR) is 80.1 cm³/mol. The minimum Gasteiger partial charge on any atom is -0.469 e. The SMILES string of the molecule is CNC(CCc1ccco1)c1cc2cc(Cl)ccc2o1. The van der Waals surface area contributed by atoms with Gasteiger partial charge in [0.05, 0.1) is 12.3 Å². The molecule has 20 heavy (non-hydrogen) atoms. The summed E-state index contributed by atoms with van der Waals surface area (Å²) >= 11 is 6.00. The van der Waals surface area contributed by atoms with Crippen LogP contribution in [0.15, 0.2) is 51.5 Å². The van der Waals surface area contributed by atoms with E-state index in [2.05, 4.69) is 5.32 Å². The van der Waals surface area contributed by atoms with Gasteiger partial charge in [-0.25, -0.2) is 0 Å². The Labute approximate surface area is 122 Å². The molecule has 0 saturated carbocycles. The number of hydrogen-bond acceptors (Lipinski definition) is 3. The first kappa shape index (κ1) is 13.3. The molecule has 2 heterocycles. The number of aryl methyl sites for hydroxylation is 1. The second kappa shape index (κ2) is 5.73. The van der Waals surface area contributed by atoms with Gasteiger partial charge in [-0.05, 0) is 49.9 Å². The van der Waals surface area contributed by atoms with Gasteiger partial charge in [-0.3, -0.25) is 0 Å². The molecule has 0 amide bonds. The maximum Gasteiger partial charge on any atom is 0.134 e. The monoisotopic (exact) mass is 289 g/mol. The third-order valence-electron chi connectivity index (χ3n) is 3.45. The van der Waals surface area contributed by atoms with E-state index in [9.17, 15) is 0 Å². The lowest BCUT2D eigenvalue weighted by molar-refractivity contribution is 0.414. The van der Waals surface area contributed by atoms with Crippen molar-refractivity contribution in [1.29, 1.82) is 0 Å². The van der Waals surface area contributed by atoms with Gasteiger partial charge in [0.1, 0.15) is 17.1 Å². The Morgan fingerprint density at radius 3 is 2.90 bits per heavy atom. The van der Waals surface area contributed by atoms with E-state index in [1.54, 1.807) is 6.26 Å². The second-order valence-corrected chi connectivity index (χ2v) is 5.23. The van der Waals surface area contributed by atoms with Crippen molar-refractivity contribution >= 4 is 22.6 Å². The summed E-state index contributed by atoms with van der Waals surface area (Å²) in [6, 6.07) is 11.8. The first-order valence-electron chi connectivity index (χ1n) is 6.65. The Kier molecular flexibility index (Phi) is 3.81. The molecule has 4 heteroatoms. The van der Waals surface area contributed by atoms with E-state index in [0.29, 0.717) is 0 Å². The summed E-state index contributed by atoms with van der Waals surface area (Å²) in [5, 5.41) is 5.04. The largest absolute Gasteiger partial charge is 0.469 e. The van der Waals surface area contributed by atoms with Crippen LogP contribution in [0, 0.1) is 0 Å². The van der Waals surface area contributed by atoms with Crippen LogP contribution in [0.3, 0.4) is 0 Å². The fourth-order valence-electron chi connectivity index (χ4n) is 2.38. The summed E-state index contributed by atoms with van der Waals surface area (Å²) in [6.45, 7) is 0. The van der Waals surface area contributed by atoms with E-state index in [1.807, 2.05) is 43.4 Å². The smallest absolute Gasteiger partial charge is 0.134 e. The summed E-state index contributed by atoms with van der Waals surface area (Å²) in [5.41, 5.74) is 0.864. The summed E-state index contributed by atoms with van der Waals surface area (Å²) < 4.78 is 11.3. The van der Waals surface area contributed by atoms with Crippen molar-refractivity contribution in [3.8, 4) is 0 Å². The number of benzene rings is 1. The van der Waals surface area contributed by atoms with Gasteiger partial charge < -0.3 is 14.2 Å². The average molecular weight is 290 g/mol. The third-order valence-corrected chi connectivity index (χ3v) is 3.68. The summed E-state index contributed by atoms with van der Waals surface area (Å²) in [6.07, 6.45) is 3.49. The highest BCUT2D eigenvalue weighted by molar-refractivity contribution is 6.31. The molecule has 2 aromatic heterocycles. The van der Waals surface area contributed by atoms with Crippen LogP contribution in [-0.2, 0) is 6.42 Å². The molecule has 104 valence electrons. The lowest BCUT2D eigenvalue weighted by Gasteiger charge is -2.12. The van der Waals surface area contributed by atoms with Crippen LogP contribution in [0.25, 0.3) is 11.0 Å². The molecule has 1 aromatic carbocycles. The Morgan fingerprint density at radius 2 is 2.15 bits per heavy atom. The number of nitrogens with one attached hydrogen (secondary N) is 1. The normalized spacial score (nSPS) is 12.9. The highest BCUT2D eigenvalue weighted by Gasteiger charge is 2.15. The summed E-state index contributed by atoms with van der Waals surface area (Å²) in [4.78, 5) is 0. The molecule has 0 fully saturated rings. The molecule has 0 bridgehead atoms. The molecule has 0 spiro atoms. The number of rotatable bonds is 5. The quantitative estimate of drug-likeness (QED) is 0.747. The molecular weight excluding hydrogens is 274 g/mol. The van der Waals surface area contributed by atoms with Crippen molar-refractivity contribution in [3.05, 3.63) is 59.2 Å². The lowest BCUT2D eigenvalue weighted by Crippen LogP contribution is -2.16. The highest BCUT2D eigenvalue weighted by atomic mass is 35.5. The standard InChI is InChI=1S/C16H16ClNO2/c1-18-14(6-5-13-3-2-8-19-13)16-10-11-9-12(17)4-7-15(11)20-16/h2-4,7-10,14,18H,5-6H2,1H3. The molecule has 0 saturated heterocycles. The highest BCUT2D eigenvalue weighted by Crippen LogP contribution is 2.28. The first-order chi connectivity index (χ1) is 9.76. The van der Waals surface area contributed by atoms with Crippen LogP contribution in [0.2, 0.25) is 5.02 Å². The van der Waals surface area contributed by atoms with Crippen LogP contribution in [0.4, 0.5) is 0 Å². The van der Waals surface area contributed by atoms with E-state index < -0.39 is 0 Å². The van der Waals surface area contributed by atoms with E-state index in [4.69, 9.17) is 20.4 Å². The summed E-state index contributed by atoms with van der Waals surface area (Å²) in [5.74, 6) is 1.92. The Morgan fingerprint density at radius 1 is 1.25 bits per heavy atom. The molecule has 0 aliphatic heterocycles. The molecule has 0 aliphatic rings. The van der Waals surface area contributed by atoms with Gasteiger partial charge in [-0.2, -0.15) is 0 Å². The zero-order valence-electron chi connectivity index (χ0n) is 11.2. The van der Waals surface area contributed by atoms with Gasteiger partial charge >= 0.3 is 0 Å². The maximum absolute atomic E-state index is 6.00. The molecule has 3 aromatic rings. The van der Waals surface area contributed by atoms with E-state index in [1.165, 1.54) is 0 Å². The number of halogens is 1. The van der Waals surface area contributed by atoms with Crippen molar-refractivity contribution in [1.82, 2.24) is 5.32 Å². The van der Waals surface area contributed by atoms with Crippen LogP contribution < -0.4 is 5.32 Å². The van der Waals surface area contributed by atoms with Gasteiger partial charge in [0, 0.05) is 16.8 Å². The van der Waals surface area contributed by atoms with Gasteiger partial charge in [-0.1, -0.05) is 11.6 Å². The molecule has 1 N–H and O–H groups in total. The van der Waals surface area contributed by atoms with Crippen LogP contribution >= 0.6 is 11.6 Å². The maximum atomic E-state index is 6.00. The van der Waals surface area contributed by atoms with Crippen molar-refractivity contribution in [2.75, 3.05) is 7.05 Å². The van der Waals surface area contributed by atoms with Crippen LogP contribution in [0.5, 0.6) is 0 Å². The minimum atomic E-state index is 0.159. The van der Waals surface area contributed by atoms with E-state index >= 15 is 0 Å². The van der Waals surface area contributed by atoms with Crippen molar-refractivity contribution in [3.63, 3.8) is 0 Å². The number of hydrogen-bond donors (Lipinski definition) is 1. The van der Waals surface area contributed by atoms with Crippen LogP contribution in [0.1, 0.15) is 24.0 Å². The fourth-order valence-corrected chi connectivity index (χ4v) is 2.56. The average Bonchev–Trinajstić information content (AvgIpc) is 3.08. The Hall–Kier alpha value is -1.71. The van der Waals surface area contributed by atoms with E-state index in [0.717, 1.165) is 40.4 Å². The predicted octanol–water partition coefficient (Wildman–Crippen LogP) is 4.57. The Bertz CT molecular complexity index is 688. The minimum absolute atomic E-state index is 0.159. The van der Waals surface area contributed by atoms with Gasteiger partial charge in [0.25, 0.3) is 0 Å². The summed E-state index contributed by atoms with van der Waals surface area (Å²) in [7, 11) is 1.94. The van der Waals surface area contributed by atoms with Crippen molar-refractivity contribution in [2.45, 2.75) is 18.9 Å². The number of fused-ring (bicyclic) bond motifs is 1. The second-order valence-electron chi connectivity index (χ2n) is 4.79. The zero-order chi connectivity index (χ0) is 13.9. The Balaban J connectivity index is 1.79. The topological polar surface area (TPSA) is 38.3 Å². The molecule has 1 unspecified atom stereocenters. The third kappa shape index (κ3) is 2.74. The van der Waals surface area contributed by atoms with Gasteiger partial charge in [-0.15, -0.1) is 0 Å². The molecule has 0 radical (unpaired) electrons. The molecule has 3 rings (SSSR count). The zero-order valence-corrected chi connectivity index (χ0v) is 12.0. The first-order valence-corrected chi connectivity index (χ1v) is 7.02.